The number of hydrogen-bond acceptors (Lipinski definition) is 2. The zero-order chi connectivity index (χ0) is 71.2. The molecule has 0 bridgehead atoms. The molecule has 506 valence electrons. The maximum Gasteiger partial charge on any atom is 0.0719 e. The number of benzene rings is 17. The molecule has 1 unspecified atom stereocenters. The second-order valence-electron chi connectivity index (χ2n) is 29.4. The van der Waals surface area contributed by atoms with Crippen molar-refractivity contribution in [2.75, 3.05) is 0 Å². The van der Waals surface area contributed by atoms with Gasteiger partial charge in [-0.2, -0.15) is 0 Å². The van der Waals surface area contributed by atoms with Gasteiger partial charge >= 0.3 is 0 Å². The lowest BCUT2D eigenvalue weighted by atomic mass is 9.67. The Morgan fingerprint density at radius 1 is 0.193 bits per heavy atom. The molecule has 0 aliphatic heterocycles. The molecule has 0 saturated carbocycles. The Morgan fingerprint density at radius 2 is 0.596 bits per heavy atom. The summed E-state index contributed by atoms with van der Waals surface area (Å²) in [7, 11) is 0. The lowest BCUT2D eigenvalue weighted by Crippen LogP contribution is -2.28. The Kier molecular flexibility index (Phi) is 12.9. The smallest absolute Gasteiger partial charge is 0.0719 e. The normalized spacial score (nSPS) is 13.7. The van der Waals surface area contributed by atoms with E-state index in [1.54, 1.807) is 0 Å². The van der Waals surface area contributed by atoms with E-state index in [1.807, 2.05) is 22.7 Å². The van der Waals surface area contributed by atoms with Crippen molar-refractivity contribution in [2.45, 2.75) is 5.41 Å². The summed E-state index contributed by atoms with van der Waals surface area (Å²) in [5.74, 6) is 0. The number of rotatable bonds is 9. The fourth-order valence-electron chi connectivity index (χ4n) is 19.1. The Hall–Kier alpha value is -13.6. The van der Waals surface area contributed by atoms with Gasteiger partial charge in [-0.25, -0.2) is 0 Å². The van der Waals surface area contributed by atoms with E-state index in [0.717, 1.165) is 22.7 Å². The first-order valence-corrected chi connectivity index (χ1v) is 39.2. The molecule has 6 heterocycles. The van der Waals surface area contributed by atoms with Gasteiger partial charge in [0.25, 0.3) is 0 Å². The van der Waals surface area contributed by atoms with Gasteiger partial charge in [-0.05, 0) is 170 Å². The number of para-hydroxylation sites is 3. The van der Waals surface area contributed by atoms with E-state index >= 15 is 0 Å². The minimum atomic E-state index is -0.655. The monoisotopic (exact) mass is 1420 g/mol. The van der Waals surface area contributed by atoms with Crippen molar-refractivity contribution in [3.05, 3.63) is 398 Å². The Labute approximate surface area is 634 Å². The Balaban J connectivity index is 0.678. The highest BCUT2D eigenvalue weighted by Crippen LogP contribution is 2.58. The first-order chi connectivity index (χ1) is 54.1. The molecule has 0 spiro atoms. The van der Waals surface area contributed by atoms with E-state index in [-0.39, 0.29) is 0 Å². The average Bonchev–Trinajstić information content (AvgIpc) is 1.55. The highest BCUT2D eigenvalue weighted by molar-refractivity contribution is 7.27. The van der Waals surface area contributed by atoms with Crippen LogP contribution in [-0.4, -0.2) is 18.3 Å². The topological polar surface area (TPSA) is 19.7 Å². The molecule has 1 aliphatic carbocycles. The SMILES string of the molecule is c1ccc(-c2cccc(-n3c4ccccc4c4cc5c6ccc7c8ccc(-c9ccc%10c(c9)-c9ccccc9C%10(c9ccccc9)c9cccc(-n%10c%11ccccc%11c%11cc%12c%13ccc%14c%15ccccc%15sc%14c%13n(-c%13ccccc%13)c%12cc%11%10)c9)cc8sc7c6n(-c6cccc(-c7ccccc7)c6)c5cc43)c2)cc1. The molecule has 109 heavy (non-hydrogen) atoms. The van der Waals surface area contributed by atoms with Crippen LogP contribution >= 0.6 is 22.7 Å². The number of aromatic nitrogens is 4. The predicted octanol–water partition coefficient (Wildman–Crippen LogP) is 28.2. The molecule has 1 aliphatic rings. The lowest BCUT2D eigenvalue weighted by molar-refractivity contribution is 0.767. The molecule has 0 fully saturated rings. The zero-order valence-corrected chi connectivity index (χ0v) is 60.5. The molecule has 0 N–H and O–H groups in total. The molecule has 0 radical (unpaired) electrons. The largest absolute Gasteiger partial charge is 0.309 e. The summed E-state index contributed by atoms with van der Waals surface area (Å²) in [5.41, 5.74) is 28.1. The summed E-state index contributed by atoms with van der Waals surface area (Å²) in [6, 6.07) is 141. The first-order valence-electron chi connectivity index (χ1n) is 37.5. The molecular weight excluding hydrogens is 1360 g/mol. The molecule has 1 atom stereocenters. The van der Waals surface area contributed by atoms with Gasteiger partial charge in [0.1, 0.15) is 0 Å². The third-order valence-electron chi connectivity index (χ3n) is 23.8. The standard InChI is InChI=1S/C103H62N4S2/c1-5-24-63(25-6-1)65-28-21-35-72(54-65)104-91-43-18-14-39-76(91)85-60-88-81-50-52-83-79-48-46-68(57-98(79)109-102(83)100(81)107(96(88)62-93(85)104)73-36-22-29-66(55-73)64-26-7-2-8-27-64)67-47-53-90-84(56-67)75-38-13-17-42-89(75)103(90,69-30-9-3-10-31-69)70-32-23-37-74(58-70)105-92-44-19-15-40-77(92)86-59-87-80-49-51-82-78-41-16-20-45-97(78)108-101(82)99(80)106(95(87)61-94(86)105)71-33-11-4-12-34-71/h1-62H. The third kappa shape index (κ3) is 8.69. The van der Waals surface area contributed by atoms with Crippen molar-refractivity contribution in [3.8, 4) is 67.3 Å². The summed E-state index contributed by atoms with van der Waals surface area (Å²) in [4.78, 5) is 0. The second-order valence-corrected chi connectivity index (χ2v) is 31.5. The first kappa shape index (κ1) is 60.6. The fourth-order valence-corrected chi connectivity index (χ4v) is 21.6. The summed E-state index contributed by atoms with van der Waals surface area (Å²) >= 11 is 3.81. The van der Waals surface area contributed by atoms with Crippen molar-refractivity contribution in [3.63, 3.8) is 0 Å². The van der Waals surface area contributed by atoms with E-state index < -0.39 is 5.41 Å². The lowest BCUT2D eigenvalue weighted by Gasteiger charge is -2.34. The van der Waals surface area contributed by atoms with E-state index in [0.29, 0.717) is 0 Å². The highest BCUT2D eigenvalue weighted by atomic mass is 32.1. The van der Waals surface area contributed by atoms with Crippen LogP contribution in [0.15, 0.2) is 376 Å². The molecule has 6 heteroatoms. The molecule has 23 aromatic rings. The van der Waals surface area contributed by atoms with Gasteiger partial charge in [0.15, 0.2) is 0 Å². The van der Waals surface area contributed by atoms with Crippen LogP contribution in [0.1, 0.15) is 22.3 Å². The molecule has 0 amide bonds. The summed E-state index contributed by atoms with van der Waals surface area (Å²) in [6.07, 6.45) is 0. The summed E-state index contributed by atoms with van der Waals surface area (Å²) in [5, 5.41) is 15.0. The fraction of sp³-hybridized carbons (Fsp3) is 0.00971. The van der Waals surface area contributed by atoms with Gasteiger partial charge in [0.05, 0.1) is 58.9 Å². The van der Waals surface area contributed by atoms with Crippen molar-refractivity contribution in [2.24, 2.45) is 0 Å². The van der Waals surface area contributed by atoms with E-state index in [1.165, 1.54) is 194 Å². The van der Waals surface area contributed by atoms with E-state index in [9.17, 15) is 0 Å². The minimum absolute atomic E-state index is 0.655. The minimum Gasteiger partial charge on any atom is -0.309 e. The van der Waals surface area contributed by atoms with Gasteiger partial charge < -0.3 is 18.3 Å². The predicted molar refractivity (Wildman–Crippen MR) is 463 cm³/mol. The van der Waals surface area contributed by atoms with E-state index in [4.69, 9.17) is 0 Å². The van der Waals surface area contributed by atoms with Crippen LogP contribution in [0.25, 0.3) is 195 Å². The summed E-state index contributed by atoms with van der Waals surface area (Å²) < 4.78 is 15.3. The van der Waals surface area contributed by atoms with Crippen LogP contribution in [0.3, 0.4) is 0 Å². The van der Waals surface area contributed by atoms with Crippen LogP contribution in [0.4, 0.5) is 0 Å². The van der Waals surface area contributed by atoms with Crippen molar-refractivity contribution < 1.29 is 0 Å². The average molecular weight is 1420 g/mol. The number of nitrogens with zero attached hydrogens (tertiary/aromatic N) is 4. The summed E-state index contributed by atoms with van der Waals surface area (Å²) in [6.45, 7) is 0. The number of thiophene rings is 2. The molecular formula is C103H62N4S2. The maximum atomic E-state index is 2.57. The molecule has 24 rings (SSSR count). The molecule has 17 aromatic carbocycles. The van der Waals surface area contributed by atoms with Crippen LogP contribution in [-0.2, 0) is 5.41 Å². The van der Waals surface area contributed by atoms with Crippen LogP contribution in [0.5, 0.6) is 0 Å². The van der Waals surface area contributed by atoms with Gasteiger partial charge in [0.2, 0.25) is 0 Å². The number of fused-ring (bicyclic) bond motifs is 23. The van der Waals surface area contributed by atoms with Crippen LogP contribution in [0, 0.1) is 0 Å². The molecule has 4 nitrogen and oxygen atoms in total. The quantitative estimate of drug-likeness (QED) is 0.137. The highest BCUT2D eigenvalue weighted by Gasteiger charge is 2.46. The maximum absolute atomic E-state index is 2.57. The van der Waals surface area contributed by atoms with Gasteiger partial charge in [-0.15, -0.1) is 22.7 Å². The van der Waals surface area contributed by atoms with Crippen molar-refractivity contribution in [1.29, 1.82) is 0 Å². The van der Waals surface area contributed by atoms with E-state index in [2.05, 4.69) is 394 Å². The van der Waals surface area contributed by atoms with Gasteiger partial charge in [-0.1, -0.05) is 273 Å². The number of hydrogen-bond donors (Lipinski definition) is 0. The van der Waals surface area contributed by atoms with Crippen molar-refractivity contribution >= 4 is 150 Å². The zero-order valence-electron chi connectivity index (χ0n) is 58.9. The third-order valence-corrected chi connectivity index (χ3v) is 26.2. The van der Waals surface area contributed by atoms with Crippen LogP contribution in [0.2, 0.25) is 0 Å². The van der Waals surface area contributed by atoms with Crippen molar-refractivity contribution in [1.82, 2.24) is 18.3 Å². The Morgan fingerprint density at radius 3 is 1.23 bits per heavy atom. The Bertz CT molecular complexity index is 7780. The van der Waals surface area contributed by atoms with Gasteiger partial charge in [-0.3, -0.25) is 0 Å². The second kappa shape index (κ2) is 23.2. The van der Waals surface area contributed by atoms with Crippen LogP contribution < -0.4 is 0 Å². The van der Waals surface area contributed by atoms with Gasteiger partial charge in [0, 0.05) is 96.8 Å². The molecule has 0 saturated heterocycles. The molecule has 6 aromatic heterocycles.